The first-order valence-corrected chi connectivity index (χ1v) is 9.25. The number of carbonyl (C=O) groups excluding carboxylic acids is 1. The number of nitrogens with zero attached hydrogens (tertiary/aromatic N) is 1. The first kappa shape index (κ1) is 16.3. The van der Waals surface area contributed by atoms with E-state index in [1.807, 2.05) is 35.2 Å². The summed E-state index contributed by atoms with van der Waals surface area (Å²) in [6.07, 6.45) is 3.08. The fourth-order valence-corrected chi connectivity index (χ4v) is 3.80. The molecule has 0 radical (unpaired) electrons. The normalized spacial score (nSPS) is 23.8. The lowest BCUT2D eigenvalue weighted by Gasteiger charge is -2.37. The number of H-pyrrole nitrogens is 1. The number of benzene rings is 1. The summed E-state index contributed by atoms with van der Waals surface area (Å²) < 4.78 is 0. The third-order valence-corrected chi connectivity index (χ3v) is 5.53. The molecule has 0 unspecified atom stereocenters. The van der Waals surface area contributed by atoms with Crippen LogP contribution >= 0.6 is 0 Å². The summed E-state index contributed by atoms with van der Waals surface area (Å²) in [7, 11) is 0. The Morgan fingerprint density at radius 1 is 1.28 bits per heavy atom. The van der Waals surface area contributed by atoms with Crippen molar-refractivity contribution in [2.45, 2.75) is 38.8 Å². The molecule has 1 saturated carbocycles. The van der Waals surface area contributed by atoms with Crippen molar-refractivity contribution in [2.75, 3.05) is 13.1 Å². The standard InChI is InChI=1S/C20H25N3O2/c1-13-12-23(20(25)14-6-7-14)9-8-17(13)21-11-16-10-15-4-2-3-5-18(15)22-19(16)24/h2-5,10,13-14,17,21H,6-9,11-12H2,1H3,(H,22,24)/t13-,17+/m0/s1. The van der Waals surface area contributed by atoms with Gasteiger partial charge in [-0.25, -0.2) is 0 Å². The van der Waals surface area contributed by atoms with Crippen LogP contribution in [0.1, 0.15) is 31.7 Å². The van der Waals surface area contributed by atoms with Gasteiger partial charge < -0.3 is 15.2 Å². The molecule has 1 saturated heterocycles. The van der Waals surface area contributed by atoms with Crippen LogP contribution in [-0.4, -0.2) is 34.9 Å². The summed E-state index contributed by atoms with van der Waals surface area (Å²) in [6, 6.07) is 10.1. The highest BCUT2D eigenvalue weighted by molar-refractivity contribution is 5.81. The van der Waals surface area contributed by atoms with Crippen LogP contribution in [0.5, 0.6) is 0 Å². The van der Waals surface area contributed by atoms with Gasteiger partial charge in [-0.1, -0.05) is 25.1 Å². The van der Waals surface area contributed by atoms with E-state index < -0.39 is 0 Å². The largest absolute Gasteiger partial charge is 0.342 e. The zero-order chi connectivity index (χ0) is 17.4. The minimum atomic E-state index is -0.0276. The first-order chi connectivity index (χ1) is 12.1. The summed E-state index contributed by atoms with van der Waals surface area (Å²) >= 11 is 0. The van der Waals surface area contributed by atoms with Crippen LogP contribution in [0.25, 0.3) is 10.9 Å². The van der Waals surface area contributed by atoms with Crippen molar-refractivity contribution in [3.05, 3.63) is 46.2 Å². The third-order valence-electron chi connectivity index (χ3n) is 5.53. The van der Waals surface area contributed by atoms with E-state index in [0.717, 1.165) is 48.8 Å². The van der Waals surface area contributed by atoms with E-state index in [1.165, 1.54) is 0 Å². The van der Waals surface area contributed by atoms with Crippen molar-refractivity contribution >= 4 is 16.8 Å². The lowest BCUT2D eigenvalue weighted by atomic mass is 9.93. The van der Waals surface area contributed by atoms with Crippen molar-refractivity contribution in [3.8, 4) is 0 Å². The zero-order valence-corrected chi connectivity index (χ0v) is 14.6. The summed E-state index contributed by atoms with van der Waals surface area (Å²) in [5.74, 6) is 1.04. The van der Waals surface area contributed by atoms with E-state index in [9.17, 15) is 9.59 Å². The summed E-state index contributed by atoms with van der Waals surface area (Å²) in [5, 5.41) is 4.59. The minimum Gasteiger partial charge on any atom is -0.342 e. The van der Waals surface area contributed by atoms with Gasteiger partial charge in [0, 0.05) is 42.7 Å². The molecular weight excluding hydrogens is 314 g/mol. The number of hydrogen-bond donors (Lipinski definition) is 2. The van der Waals surface area contributed by atoms with E-state index in [2.05, 4.69) is 17.2 Å². The lowest BCUT2D eigenvalue weighted by molar-refractivity contribution is -0.134. The van der Waals surface area contributed by atoms with Gasteiger partial charge in [0.2, 0.25) is 5.91 Å². The van der Waals surface area contributed by atoms with E-state index in [0.29, 0.717) is 30.3 Å². The predicted octanol–water partition coefficient (Wildman–Crippen LogP) is 2.26. The Labute approximate surface area is 147 Å². The molecule has 2 N–H and O–H groups in total. The molecule has 25 heavy (non-hydrogen) atoms. The fraction of sp³-hybridized carbons (Fsp3) is 0.500. The molecule has 4 rings (SSSR count). The Morgan fingerprint density at radius 2 is 2.08 bits per heavy atom. The second kappa shape index (κ2) is 6.64. The van der Waals surface area contributed by atoms with Crippen molar-refractivity contribution in [1.82, 2.24) is 15.2 Å². The Kier molecular flexibility index (Phi) is 4.34. The number of pyridine rings is 1. The Morgan fingerprint density at radius 3 is 2.84 bits per heavy atom. The number of fused-ring (bicyclic) bond motifs is 1. The Balaban J connectivity index is 1.39. The molecule has 2 atom stereocenters. The van der Waals surface area contributed by atoms with Crippen LogP contribution in [0.2, 0.25) is 0 Å². The monoisotopic (exact) mass is 339 g/mol. The van der Waals surface area contributed by atoms with Gasteiger partial charge in [-0.05, 0) is 42.7 Å². The van der Waals surface area contributed by atoms with Crippen molar-refractivity contribution < 1.29 is 4.79 Å². The van der Waals surface area contributed by atoms with Crippen molar-refractivity contribution in [1.29, 1.82) is 0 Å². The molecule has 2 aromatic rings. The number of amides is 1. The minimum absolute atomic E-state index is 0.0276. The molecule has 1 aliphatic heterocycles. The number of likely N-dealkylation sites (tertiary alicyclic amines) is 1. The molecule has 5 nitrogen and oxygen atoms in total. The summed E-state index contributed by atoms with van der Waals surface area (Å²) in [6.45, 7) is 4.40. The number of aromatic nitrogens is 1. The van der Waals surface area contributed by atoms with Crippen molar-refractivity contribution in [3.63, 3.8) is 0 Å². The van der Waals surface area contributed by atoms with E-state index >= 15 is 0 Å². The maximum Gasteiger partial charge on any atom is 0.252 e. The molecular formula is C20H25N3O2. The SMILES string of the molecule is C[C@H]1CN(C(=O)C2CC2)CC[C@H]1NCc1cc2ccccc2[nH]c1=O. The molecule has 2 aliphatic rings. The van der Waals surface area contributed by atoms with Crippen LogP contribution in [0, 0.1) is 11.8 Å². The molecule has 2 heterocycles. The van der Waals surface area contributed by atoms with Crippen LogP contribution in [0.15, 0.2) is 35.1 Å². The molecule has 132 valence electrons. The van der Waals surface area contributed by atoms with Gasteiger partial charge in [0.1, 0.15) is 0 Å². The first-order valence-electron chi connectivity index (χ1n) is 9.25. The number of aromatic amines is 1. The molecule has 1 aliphatic carbocycles. The molecule has 1 amide bonds. The van der Waals surface area contributed by atoms with Gasteiger partial charge in [-0.2, -0.15) is 0 Å². The maximum atomic E-state index is 12.3. The smallest absolute Gasteiger partial charge is 0.252 e. The van der Waals surface area contributed by atoms with Crippen molar-refractivity contribution in [2.24, 2.45) is 11.8 Å². The van der Waals surface area contributed by atoms with Crippen LogP contribution in [0.4, 0.5) is 0 Å². The van der Waals surface area contributed by atoms with Crippen LogP contribution in [-0.2, 0) is 11.3 Å². The lowest BCUT2D eigenvalue weighted by Crippen LogP contribution is -2.50. The molecule has 2 fully saturated rings. The highest BCUT2D eigenvalue weighted by Gasteiger charge is 2.36. The van der Waals surface area contributed by atoms with Gasteiger partial charge in [0.05, 0.1) is 0 Å². The number of rotatable bonds is 4. The van der Waals surface area contributed by atoms with Gasteiger partial charge >= 0.3 is 0 Å². The third kappa shape index (κ3) is 3.47. The molecule has 5 heteroatoms. The van der Waals surface area contributed by atoms with Gasteiger partial charge in [-0.3, -0.25) is 9.59 Å². The average molecular weight is 339 g/mol. The second-order valence-corrected chi connectivity index (χ2v) is 7.52. The Hall–Kier alpha value is -2.14. The number of hydrogen-bond acceptors (Lipinski definition) is 3. The highest BCUT2D eigenvalue weighted by atomic mass is 16.2. The summed E-state index contributed by atoms with van der Waals surface area (Å²) in [4.78, 5) is 29.5. The van der Waals surface area contributed by atoms with Gasteiger partial charge in [-0.15, -0.1) is 0 Å². The number of piperidine rings is 1. The highest BCUT2D eigenvalue weighted by Crippen LogP contribution is 2.32. The van der Waals surface area contributed by atoms with Gasteiger partial charge in [0.15, 0.2) is 0 Å². The summed E-state index contributed by atoms with van der Waals surface area (Å²) in [5.41, 5.74) is 1.61. The van der Waals surface area contributed by atoms with E-state index in [4.69, 9.17) is 0 Å². The van der Waals surface area contributed by atoms with Crippen LogP contribution in [0.3, 0.4) is 0 Å². The van der Waals surface area contributed by atoms with E-state index in [1.54, 1.807) is 0 Å². The van der Waals surface area contributed by atoms with Crippen LogP contribution < -0.4 is 10.9 Å². The number of para-hydroxylation sites is 1. The molecule has 0 spiro atoms. The number of nitrogens with one attached hydrogen (secondary N) is 2. The molecule has 0 bridgehead atoms. The molecule has 1 aromatic heterocycles. The van der Waals surface area contributed by atoms with E-state index in [-0.39, 0.29) is 5.56 Å². The zero-order valence-electron chi connectivity index (χ0n) is 14.6. The Bertz CT molecular complexity index is 840. The second-order valence-electron chi connectivity index (χ2n) is 7.52. The van der Waals surface area contributed by atoms with Gasteiger partial charge in [0.25, 0.3) is 5.56 Å². The molecule has 1 aromatic carbocycles. The average Bonchev–Trinajstić information content (AvgIpc) is 3.45. The number of carbonyl (C=O) groups is 1. The maximum absolute atomic E-state index is 12.3. The fourth-order valence-electron chi connectivity index (χ4n) is 3.80. The topological polar surface area (TPSA) is 65.2 Å². The quantitative estimate of drug-likeness (QED) is 0.898. The predicted molar refractivity (Wildman–Crippen MR) is 98.3 cm³/mol.